The third-order valence-corrected chi connectivity index (χ3v) is 2.98. The Hall–Kier alpha value is -2.22. The molecule has 1 aromatic carbocycles. The van der Waals surface area contributed by atoms with Crippen molar-refractivity contribution in [2.24, 2.45) is 0 Å². The van der Waals surface area contributed by atoms with E-state index in [1.54, 1.807) is 0 Å². The van der Waals surface area contributed by atoms with Crippen molar-refractivity contribution in [3.05, 3.63) is 33.6 Å². The first-order chi connectivity index (χ1) is 9.52. The summed E-state index contributed by atoms with van der Waals surface area (Å²) in [4.78, 5) is 21.6. The molecule has 8 heteroatoms. The van der Waals surface area contributed by atoms with Gasteiger partial charge in [0.05, 0.1) is 36.4 Å². The molecule has 108 valence electrons. The molecule has 0 aliphatic carbocycles. The fourth-order valence-electron chi connectivity index (χ4n) is 1.97. The number of carbonyl (C=O) groups is 1. The Bertz CT molecular complexity index is 543. The number of halogens is 1. The molecule has 0 amide bonds. The molecule has 1 N–H and O–H groups in total. The van der Waals surface area contributed by atoms with Crippen LogP contribution >= 0.6 is 0 Å². The maximum atomic E-state index is 13.9. The lowest BCUT2D eigenvalue weighted by Crippen LogP contribution is -2.20. The molecule has 1 saturated heterocycles. The van der Waals surface area contributed by atoms with Crippen LogP contribution in [0, 0.1) is 15.9 Å². The van der Waals surface area contributed by atoms with E-state index in [2.05, 4.69) is 10.1 Å². The summed E-state index contributed by atoms with van der Waals surface area (Å²) in [6, 6.07) is 1.72. The average Bonchev–Trinajstić information content (AvgIpc) is 2.92. The van der Waals surface area contributed by atoms with E-state index in [1.165, 1.54) is 0 Å². The van der Waals surface area contributed by atoms with Crippen molar-refractivity contribution < 1.29 is 23.6 Å². The summed E-state index contributed by atoms with van der Waals surface area (Å²) >= 11 is 0. The van der Waals surface area contributed by atoms with Crippen LogP contribution in [-0.4, -0.2) is 37.3 Å². The standard InChI is InChI=1S/C12H13FN2O5/c1-19-12(16)8-4-10(14-7-2-3-20-6-7)9(13)5-11(8)15(17)18/h4-5,7,14H,2-3,6H2,1H3. The van der Waals surface area contributed by atoms with Crippen molar-refractivity contribution in [3.63, 3.8) is 0 Å². The topological polar surface area (TPSA) is 90.7 Å². The molecule has 2 rings (SSSR count). The molecule has 0 radical (unpaired) electrons. The van der Waals surface area contributed by atoms with Gasteiger partial charge in [-0.05, 0) is 12.5 Å². The highest BCUT2D eigenvalue weighted by Crippen LogP contribution is 2.28. The van der Waals surface area contributed by atoms with Crippen molar-refractivity contribution in [3.8, 4) is 0 Å². The monoisotopic (exact) mass is 284 g/mol. The zero-order valence-corrected chi connectivity index (χ0v) is 10.7. The number of nitrogens with one attached hydrogen (secondary N) is 1. The molecule has 20 heavy (non-hydrogen) atoms. The lowest BCUT2D eigenvalue weighted by atomic mass is 10.1. The van der Waals surface area contributed by atoms with Gasteiger partial charge in [-0.3, -0.25) is 10.1 Å². The highest BCUT2D eigenvalue weighted by atomic mass is 19.1. The summed E-state index contributed by atoms with van der Waals surface area (Å²) < 4.78 is 23.5. The molecule has 1 aliphatic heterocycles. The third-order valence-electron chi connectivity index (χ3n) is 2.98. The van der Waals surface area contributed by atoms with Gasteiger partial charge in [-0.25, -0.2) is 9.18 Å². The highest BCUT2D eigenvalue weighted by Gasteiger charge is 2.25. The number of nitro groups is 1. The number of ether oxygens (including phenoxy) is 2. The number of esters is 1. The fourth-order valence-corrected chi connectivity index (χ4v) is 1.97. The predicted octanol–water partition coefficient (Wildman–Crippen LogP) is 1.72. The minimum Gasteiger partial charge on any atom is -0.465 e. The van der Waals surface area contributed by atoms with Gasteiger partial charge in [0, 0.05) is 6.61 Å². The second-order valence-corrected chi connectivity index (χ2v) is 4.30. The predicted molar refractivity (Wildman–Crippen MR) is 67.2 cm³/mol. The van der Waals surface area contributed by atoms with Crippen LogP contribution < -0.4 is 5.32 Å². The van der Waals surface area contributed by atoms with E-state index in [9.17, 15) is 19.3 Å². The number of rotatable bonds is 4. The molecule has 0 spiro atoms. The van der Waals surface area contributed by atoms with Crippen LogP contribution in [0.15, 0.2) is 12.1 Å². The Morgan fingerprint density at radius 3 is 2.90 bits per heavy atom. The fraction of sp³-hybridized carbons (Fsp3) is 0.417. The largest absolute Gasteiger partial charge is 0.465 e. The molecule has 1 unspecified atom stereocenters. The molecule has 1 aromatic rings. The second kappa shape index (κ2) is 5.83. The molecule has 0 saturated carbocycles. The molecule has 1 atom stereocenters. The summed E-state index contributed by atoms with van der Waals surface area (Å²) in [6.45, 7) is 0.986. The number of hydrogen-bond acceptors (Lipinski definition) is 6. The van der Waals surface area contributed by atoms with Crippen molar-refractivity contribution in [2.75, 3.05) is 25.6 Å². The van der Waals surface area contributed by atoms with Crippen LogP contribution in [0.1, 0.15) is 16.8 Å². The number of methoxy groups -OCH3 is 1. The number of carbonyl (C=O) groups excluding carboxylic acids is 1. The van der Waals surface area contributed by atoms with Crippen LogP contribution in [0.25, 0.3) is 0 Å². The van der Waals surface area contributed by atoms with E-state index >= 15 is 0 Å². The van der Waals surface area contributed by atoms with Crippen molar-refractivity contribution in [2.45, 2.75) is 12.5 Å². The quantitative estimate of drug-likeness (QED) is 0.514. The van der Waals surface area contributed by atoms with E-state index in [-0.39, 0.29) is 17.3 Å². The Kier molecular flexibility index (Phi) is 4.14. The molecule has 1 heterocycles. The first-order valence-electron chi connectivity index (χ1n) is 5.93. The first kappa shape index (κ1) is 14.2. The molecule has 7 nitrogen and oxygen atoms in total. The third kappa shape index (κ3) is 2.85. The number of hydrogen-bond donors (Lipinski definition) is 1. The number of nitrogens with zero attached hydrogens (tertiary/aromatic N) is 1. The highest BCUT2D eigenvalue weighted by molar-refractivity contribution is 5.95. The van der Waals surface area contributed by atoms with Gasteiger partial charge in [0.2, 0.25) is 0 Å². The van der Waals surface area contributed by atoms with Gasteiger partial charge in [-0.1, -0.05) is 0 Å². The molecule has 0 aromatic heterocycles. The van der Waals surface area contributed by atoms with Gasteiger partial charge < -0.3 is 14.8 Å². The van der Waals surface area contributed by atoms with Crippen LogP contribution in [0.3, 0.4) is 0 Å². The minimum atomic E-state index is -0.887. The van der Waals surface area contributed by atoms with Crippen molar-refractivity contribution in [1.29, 1.82) is 0 Å². The van der Waals surface area contributed by atoms with Gasteiger partial charge in [-0.2, -0.15) is 0 Å². The Morgan fingerprint density at radius 2 is 2.35 bits per heavy atom. The smallest absolute Gasteiger partial charge is 0.344 e. The maximum absolute atomic E-state index is 13.9. The van der Waals surface area contributed by atoms with Crippen molar-refractivity contribution >= 4 is 17.3 Å². The minimum absolute atomic E-state index is 0.0199. The van der Waals surface area contributed by atoms with Gasteiger partial charge in [0.25, 0.3) is 5.69 Å². The summed E-state index contributed by atoms with van der Waals surface area (Å²) in [5, 5.41) is 13.7. The Morgan fingerprint density at radius 1 is 1.60 bits per heavy atom. The van der Waals surface area contributed by atoms with Crippen LogP contribution in [-0.2, 0) is 9.47 Å². The van der Waals surface area contributed by atoms with Gasteiger partial charge in [0.1, 0.15) is 5.56 Å². The molecule has 1 aliphatic rings. The second-order valence-electron chi connectivity index (χ2n) is 4.30. The van der Waals surface area contributed by atoms with E-state index in [4.69, 9.17) is 4.74 Å². The summed E-state index contributed by atoms with van der Waals surface area (Å²) in [6.07, 6.45) is 0.698. The Balaban J connectivity index is 2.37. The SMILES string of the molecule is COC(=O)c1cc(NC2CCOC2)c(F)cc1[N+](=O)[O-]. The Labute approximate surface area is 113 Å². The van der Waals surface area contributed by atoms with E-state index in [1.807, 2.05) is 0 Å². The summed E-state index contributed by atoms with van der Waals surface area (Å²) in [5.74, 6) is -1.68. The summed E-state index contributed by atoms with van der Waals surface area (Å²) in [7, 11) is 1.10. The van der Waals surface area contributed by atoms with E-state index in [0.717, 1.165) is 13.2 Å². The van der Waals surface area contributed by atoms with Crippen LogP contribution in [0.5, 0.6) is 0 Å². The van der Waals surface area contributed by atoms with Crippen molar-refractivity contribution in [1.82, 2.24) is 0 Å². The molecular weight excluding hydrogens is 271 g/mol. The average molecular weight is 284 g/mol. The lowest BCUT2D eigenvalue weighted by Gasteiger charge is -2.14. The molecular formula is C12H13FN2O5. The van der Waals surface area contributed by atoms with Crippen LogP contribution in [0.2, 0.25) is 0 Å². The maximum Gasteiger partial charge on any atom is 0.344 e. The van der Waals surface area contributed by atoms with Gasteiger partial charge in [0.15, 0.2) is 5.82 Å². The van der Waals surface area contributed by atoms with E-state index in [0.29, 0.717) is 25.7 Å². The number of nitro benzene ring substituents is 1. The normalized spacial score (nSPS) is 17.8. The molecule has 0 bridgehead atoms. The van der Waals surface area contributed by atoms with Crippen LogP contribution in [0.4, 0.5) is 15.8 Å². The zero-order valence-electron chi connectivity index (χ0n) is 10.7. The van der Waals surface area contributed by atoms with Gasteiger partial charge in [-0.15, -0.1) is 0 Å². The summed E-state index contributed by atoms with van der Waals surface area (Å²) in [5.41, 5.74) is -0.894. The number of benzene rings is 1. The van der Waals surface area contributed by atoms with E-state index < -0.39 is 22.4 Å². The lowest BCUT2D eigenvalue weighted by molar-refractivity contribution is -0.385. The van der Waals surface area contributed by atoms with Gasteiger partial charge >= 0.3 is 5.97 Å². The number of anilines is 1. The first-order valence-corrected chi connectivity index (χ1v) is 5.93. The zero-order chi connectivity index (χ0) is 14.7. The molecule has 1 fully saturated rings.